The number of H-pyrrole nitrogens is 2. The van der Waals surface area contributed by atoms with Gasteiger partial charge in [-0.25, -0.2) is 38.2 Å². The third-order valence-corrected chi connectivity index (χ3v) is 18.5. The Kier molecular flexibility index (Phi) is 16.6. The van der Waals surface area contributed by atoms with Crippen molar-refractivity contribution in [2.45, 2.75) is 80.2 Å². The first-order valence-corrected chi connectivity index (χ1v) is 30.5. The average Bonchev–Trinajstić information content (AvgIpc) is 4.47. The Hall–Kier alpha value is -5.89. The van der Waals surface area contributed by atoms with Crippen LogP contribution in [0.1, 0.15) is 24.2 Å². The molecule has 3 fully saturated rings. The molecule has 6 aromatic heterocycles. The largest absolute Gasteiger partial charge is 0.490 e. The fraction of sp³-hybridized carbons (Fsp3) is 0.475. The van der Waals surface area contributed by atoms with Gasteiger partial charge in [-0.05, 0) is 5.56 Å². The van der Waals surface area contributed by atoms with Crippen molar-refractivity contribution in [3.05, 3.63) is 81.9 Å². The lowest BCUT2D eigenvalue weighted by Gasteiger charge is -2.27. The summed E-state index contributed by atoms with van der Waals surface area (Å²) in [4.78, 5) is 86.4. The number of nitrogens with zero attached hydrogens (tertiary/aromatic N) is 10. The molecule has 14 N–H and O–H groups in total. The van der Waals surface area contributed by atoms with Gasteiger partial charge in [-0.15, -0.1) is 0 Å². The minimum absolute atomic E-state index is 0.0133. The number of nitrogen functional groups attached to an aromatic ring is 2. The lowest BCUT2D eigenvalue weighted by atomic mass is 10.1. The molecule has 0 radical (unpaired) electrons. The van der Waals surface area contributed by atoms with Gasteiger partial charge in [0.25, 0.3) is 17.1 Å². The summed E-state index contributed by atoms with van der Waals surface area (Å²) in [5.74, 6) is -0.290. The first-order valence-electron chi connectivity index (χ1n) is 24.0. The van der Waals surface area contributed by atoms with Crippen molar-refractivity contribution in [1.29, 1.82) is 0 Å². The smallest absolute Gasteiger partial charge is 0.387 e. The Labute approximate surface area is 457 Å². The normalized spacial score (nSPS) is 28.8. The van der Waals surface area contributed by atoms with Gasteiger partial charge in [-0.2, -0.15) is 13.6 Å². The molecule has 0 saturated carbocycles. The Morgan fingerprint density at radius 3 is 2.00 bits per heavy atom. The Balaban J connectivity index is 0.828. The predicted octanol–water partition coefficient (Wildman–Crippen LogP) is -1.96. The van der Waals surface area contributed by atoms with Crippen LogP contribution in [0.3, 0.4) is 0 Å². The first-order chi connectivity index (χ1) is 38.7. The van der Waals surface area contributed by atoms with Gasteiger partial charge in [0, 0.05) is 20.3 Å². The van der Waals surface area contributed by atoms with E-state index in [4.69, 9.17) is 48.5 Å². The fourth-order valence-electron chi connectivity index (χ4n) is 9.29. The number of phosphoric acid groups is 3. The van der Waals surface area contributed by atoms with E-state index in [0.717, 1.165) is 27.7 Å². The van der Waals surface area contributed by atoms with Gasteiger partial charge >= 0.3 is 36.7 Å². The van der Waals surface area contributed by atoms with Crippen LogP contribution in [0.2, 0.25) is 0 Å². The van der Waals surface area contributed by atoms with Gasteiger partial charge in [-0.3, -0.25) is 51.4 Å². The van der Waals surface area contributed by atoms with Crippen molar-refractivity contribution in [2.75, 3.05) is 50.4 Å². The van der Waals surface area contributed by atoms with Crippen molar-refractivity contribution in [1.82, 2.24) is 53.6 Å². The second-order valence-corrected chi connectivity index (χ2v) is 25.2. The predicted molar refractivity (Wildman–Crippen MR) is 272 cm³/mol. The zero-order valence-corrected chi connectivity index (χ0v) is 46.1. The van der Waals surface area contributed by atoms with Gasteiger partial charge in [0.2, 0.25) is 17.7 Å². The molecule has 1 aromatic carbocycles. The maximum atomic E-state index is 14.3. The monoisotopic (exact) mass is 1230 g/mol. The first kappa shape index (κ1) is 59.3. The lowest BCUT2D eigenvalue weighted by molar-refractivity contribution is -0.745. The number of rotatable bonds is 22. The molecule has 16 atom stereocenters. The summed E-state index contributed by atoms with van der Waals surface area (Å²) in [7, 11) is -19.8. The Morgan fingerprint density at radius 1 is 0.707 bits per heavy atom. The number of hydrogen-bond donors (Lipinski definition) is 12. The molecular formula is C40H52N15O23P4+. The number of nitrogens with one attached hydrogen (secondary N) is 3. The number of benzene rings is 1. The number of ether oxygens (including phenoxy) is 4. The molecular weight excluding hydrogens is 1180 g/mol. The minimum Gasteiger partial charge on any atom is -0.387 e. The van der Waals surface area contributed by atoms with E-state index in [1.165, 1.54) is 42.3 Å². The van der Waals surface area contributed by atoms with Crippen LogP contribution < -0.4 is 32.5 Å². The SMILES string of the molecule is COC1[C@@H](OP(C)(=O)OC[C@H]2O[C@@H](n3cnc4c(=O)[nH]c(N)nc43)C(O)[C@H]2O)[C@@H](COP(=O)(O)OP(=O)(O)OP(=O)(O)OC[C@H]2O[C@@H]([n+]3cn(C)c4c(=O)[nH]c(N)nc43)C(O)C2O)O[C@H]1n1cnc2c(NCc3ccccc3)ncnc21. The molecule has 0 bridgehead atoms. The third-order valence-electron chi connectivity index (χ3n) is 13.0. The van der Waals surface area contributed by atoms with Crippen LogP contribution in [0.25, 0.3) is 33.5 Å². The zero-order chi connectivity index (χ0) is 58.8. The molecule has 444 valence electrons. The molecule has 7 aromatic rings. The van der Waals surface area contributed by atoms with Gasteiger partial charge in [0.1, 0.15) is 61.3 Å². The minimum atomic E-state index is -6.18. The molecule has 0 spiro atoms. The molecule has 3 aliphatic rings. The number of aromatic amines is 2. The second-order valence-electron chi connectivity index (χ2n) is 18.6. The van der Waals surface area contributed by atoms with Crippen LogP contribution in [-0.4, -0.2) is 177 Å². The van der Waals surface area contributed by atoms with Crippen molar-refractivity contribution < 1.29 is 104 Å². The highest BCUT2D eigenvalue weighted by Gasteiger charge is 2.53. The topological polar surface area (TPSA) is 528 Å². The van der Waals surface area contributed by atoms with Crippen LogP contribution in [0, 0.1) is 0 Å². The van der Waals surface area contributed by atoms with E-state index in [0.29, 0.717) is 12.4 Å². The number of imidazole rings is 3. The van der Waals surface area contributed by atoms with Crippen molar-refractivity contribution in [3.63, 3.8) is 0 Å². The highest BCUT2D eigenvalue weighted by Crippen LogP contribution is 2.68. The van der Waals surface area contributed by atoms with E-state index in [2.05, 4.69) is 53.8 Å². The average molecular weight is 1230 g/mol. The summed E-state index contributed by atoms with van der Waals surface area (Å²) in [5, 5.41) is 46.8. The molecule has 82 heavy (non-hydrogen) atoms. The van der Waals surface area contributed by atoms with Crippen molar-refractivity contribution in [2.24, 2.45) is 7.05 Å². The summed E-state index contributed by atoms with van der Waals surface area (Å²) < 4.78 is 112. The van der Waals surface area contributed by atoms with E-state index >= 15 is 0 Å². The maximum Gasteiger partial charge on any atom is 0.490 e. The summed E-state index contributed by atoms with van der Waals surface area (Å²) in [6, 6.07) is 9.30. The van der Waals surface area contributed by atoms with Crippen molar-refractivity contribution in [3.8, 4) is 0 Å². The van der Waals surface area contributed by atoms with E-state index in [-0.39, 0.29) is 45.4 Å². The number of aliphatic hydroxyl groups is 4. The molecule has 3 aliphatic heterocycles. The van der Waals surface area contributed by atoms with Gasteiger partial charge < -0.3 is 75.4 Å². The number of nitrogens with two attached hydrogens (primary N) is 2. The van der Waals surface area contributed by atoms with E-state index in [1.807, 2.05) is 30.3 Å². The number of aliphatic hydroxyl groups excluding tert-OH is 4. The summed E-state index contributed by atoms with van der Waals surface area (Å²) in [6.45, 7) is -1.70. The molecule has 0 aliphatic carbocycles. The molecule has 42 heteroatoms. The molecule has 38 nitrogen and oxygen atoms in total. The summed E-state index contributed by atoms with van der Waals surface area (Å²) >= 11 is 0. The van der Waals surface area contributed by atoms with Gasteiger partial charge in [0.15, 0.2) is 46.9 Å². The fourth-order valence-corrected chi connectivity index (χ4v) is 14.0. The van der Waals surface area contributed by atoms with E-state index < -0.39 is 136 Å². The van der Waals surface area contributed by atoms with E-state index in [9.17, 15) is 63.0 Å². The maximum absolute atomic E-state index is 14.3. The lowest BCUT2D eigenvalue weighted by Crippen LogP contribution is -2.46. The molecule has 0 amide bonds. The summed E-state index contributed by atoms with van der Waals surface area (Å²) in [5.41, 5.74) is 11.0. The number of fused-ring (bicyclic) bond motifs is 3. The third kappa shape index (κ3) is 12.2. The molecule has 9 heterocycles. The highest BCUT2D eigenvalue weighted by atomic mass is 31.3. The second kappa shape index (κ2) is 22.9. The number of aryl methyl sites for hydroxylation is 1. The van der Waals surface area contributed by atoms with Crippen LogP contribution >= 0.6 is 31.1 Å². The zero-order valence-electron chi connectivity index (χ0n) is 42.5. The number of anilines is 3. The summed E-state index contributed by atoms with van der Waals surface area (Å²) in [6.07, 6.45) is -14.3. The quantitative estimate of drug-likeness (QED) is 0.0259. The van der Waals surface area contributed by atoms with Crippen LogP contribution in [0.15, 0.2) is 65.2 Å². The van der Waals surface area contributed by atoms with Crippen LogP contribution in [0.4, 0.5) is 17.7 Å². The molecule has 8 unspecified atom stereocenters. The van der Waals surface area contributed by atoms with Gasteiger partial charge in [0.05, 0.1) is 39.5 Å². The highest BCUT2D eigenvalue weighted by molar-refractivity contribution is 7.66. The number of phosphoric ester groups is 2. The number of hydrogen-bond acceptors (Lipinski definition) is 29. The van der Waals surface area contributed by atoms with Crippen molar-refractivity contribution >= 4 is 82.3 Å². The standard InChI is InChI=1S/C40H51N15O23P4/c1-52-16-55(33-23(52)35(61)51-40(42)49-33)37-27(59)25(57)19(74-37)11-71-80(63,64)77-82(67,68)78-81(65,66)72-12-20-28(29(69-2)38(75-20)53-14-46-21-30(44-13-45-31(21)53)43-9-17-7-5-4-6-8-17)76-79(3,62)70-10-18-24(56)26(58)36(73-18)54-15-47-22-32(54)48-39(41)50-34(22)60/h4-8,13-16,18-20,24-29,36-38,56-59H,9-12H2,1-3H3,(H9-,41,42,43,44,45,48,49,50,51,60,61,63,64,65,66,67,68)/p+1/t18-,19-,20-,24+,25?,26?,27?,28+,29?,36-,37-,38-,79?/m1/s1. The van der Waals surface area contributed by atoms with Gasteiger partial charge in [-0.1, -0.05) is 35.3 Å². The molecule has 3 saturated heterocycles. The Morgan fingerprint density at radius 2 is 1.30 bits per heavy atom. The van der Waals surface area contributed by atoms with Crippen LogP contribution in [-0.2, 0) is 77.5 Å². The molecule has 10 rings (SSSR count). The van der Waals surface area contributed by atoms with Crippen LogP contribution in [0.5, 0.6) is 0 Å². The Bertz CT molecular complexity index is 3830. The number of methoxy groups -OCH3 is 1. The van der Waals surface area contributed by atoms with E-state index in [1.54, 1.807) is 0 Å². The number of aromatic nitrogens is 12.